The van der Waals surface area contributed by atoms with Crippen molar-refractivity contribution in [1.29, 1.82) is 0 Å². The molecule has 17 heavy (non-hydrogen) atoms. The molecule has 0 aliphatic carbocycles. The van der Waals surface area contributed by atoms with Gasteiger partial charge in [0.15, 0.2) is 0 Å². The molecule has 0 saturated heterocycles. The van der Waals surface area contributed by atoms with Crippen molar-refractivity contribution in [3.63, 3.8) is 0 Å². The lowest BCUT2D eigenvalue weighted by molar-refractivity contribution is 1.32. The molecule has 0 spiro atoms. The molecule has 0 aliphatic heterocycles. The molecule has 2 N–H and O–H groups in total. The molecule has 0 aliphatic rings. The molecule has 3 aromatic rings. The second-order valence-corrected chi connectivity index (χ2v) is 3.84. The van der Waals surface area contributed by atoms with E-state index in [0.29, 0.717) is 5.82 Å². The van der Waals surface area contributed by atoms with Crippen molar-refractivity contribution < 1.29 is 0 Å². The molecule has 3 heteroatoms. The van der Waals surface area contributed by atoms with E-state index in [9.17, 15) is 0 Å². The van der Waals surface area contributed by atoms with Crippen molar-refractivity contribution in [3.8, 4) is 11.1 Å². The van der Waals surface area contributed by atoms with Gasteiger partial charge in [-0.3, -0.25) is 4.98 Å². The summed E-state index contributed by atoms with van der Waals surface area (Å²) >= 11 is 0. The monoisotopic (exact) mass is 221 g/mol. The van der Waals surface area contributed by atoms with Crippen molar-refractivity contribution in [1.82, 2.24) is 9.97 Å². The number of rotatable bonds is 1. The minimum absolute atomic E-state index is 0.563. The molecule has 1 aromatic carbocycles. The van der Waals surface area contributed by atoms with E-state index in [1.807, 2.05) is 36.5 Å². The number of anilines is 1. The van der Waals surface area contributed by atoms with E-state index in [1.165, 1.54) is 0 Å². The zero-order valence-electron chi connectivity index (χ0n) is 9.17. The molecule has 0 bridgehead atoms. The number of pyridine rings is 2. The summed E-state index contributed by atoms with van der Waals surface area (Å²) in [4.78, 5) is 8.36. The van der Waals surface area contributed by atoms with E-state index in [1.54, 1.807) is 12.4 Å². The number of fused-ring (bicyclic) bond motifs is 1. The summed E-state index contributed by atoms with van der Waals surface area (Å²) in [6.07, 6.45) is 5.39. The first-order valence-electron chi connectivity index (χ1n) is 5.40. The Kier molecular flexibility index (Phi) is 2.22. The number of benzene rings is 1. The normalized spacial score (nSPS) is 10.6. The van der Waals surface area contributed by atoms with Crippen LogP contribution in [0, 0.1) is 0 Å². The summed E-state index contributed by atoms with van der Waals surface area (Å²) in [5.41, 5.74) is 7.99. The number of hydrogen-bond donors (Lipinski definition) is 1. The topological polar surface area (TPSA) is 51.8 Å². The summed E-state index contributed by atoms with van der Waals surface area (Å²) in [6.45, 7) is 0. The maximum atomic E-state index is 5.88. The van der Waals surface area contributed by atoms with Crippen molar-refractivity contribution in [3.05, 3.63) is 55.0 Å². The van der Waals surface area contributed by atoms with Crippen LogP contribution in [0.1, 0.15) is 0 Å². The maximum absolute atomic E-state index is 5.88. The SMILES string of the molecule is Nc1ncc(-c2cccnc2)c2ccccc12. The highest BCUT2D eigenvalue weighted by molar-refractivity contribution is 6.00. The van der Waals surface area contributed by atoms with Crippen molar-refractivity contribution in [2.45, 2.75) is 0 Å². The predicted molar refractivity (Wildman–Crippen MR) is 69.4 cm³/mol. The lowest BCUT2D eigenvalue weighted by atomic mass is 10.0. The number of hydrogen-bond acceptors (Lipinski definition) is 3. The van der Waals surface area contributed by atoms with Crippen molar-refractivity contribution in [2.75, 3.05) is 5.73 Å². The zero-order chi connectivity index (χ0) is 11.7. The third-order valence-electron chi connectivity index (χ3n) is 2.80. The molecule has 0 saturated carbocycles. The Balaban J connectivity index is 2.35. The molecular weight excluding hydrogens is 210 g/mol. The van der Waals surface area contributed by atoms with Gasteiger partial charge in [-0.1, -0.05) is 30.3 Å². The van der Waals surface area contributed by atoms with Crippen LogP contribution in [0.4, 0.5) is 5.82 Å². The first-order chi connectivity index (χ1) is 8.36. The Labute approximate surface area is 98.9 Å². The van der Waals surface area contributed by atoms with Crippen LogP contribution < -0.4 is 5.73 Å². The average Bonchev–Trinajstić information content (AvgIpc) is 2.41. The number of nitrogens with zero attached hydrogens (tertiary/aromatic N) is 2. The molecule has 0 radical (unpaired) electrons. The standard InChI is InChI=1S/C14H11N3/c15-14-12-6-2-1-5-11(12)13(9-17-14)10-4-3-7-16-8-10/h1-9H,(H2,15,17). The molecule has 3 nitrogen and oxygen atoms in total. The lowest BCUT2D eigenvalue weighted by Crippen LogP contribution is -1.93. The molecule has 0 fully saturated rings. The van der Waals surface area contributed by atoms with Gasteiger partial charge in [0, 0.05) is 35.1 Å². The van der Waals surface area contributed by atoms with Gasteiger partial charge in [-0.25, -0.2) is 4.98 Å². The van der Waals surface area contributed by atoms with Gasteiger partial charge in [0.25, 0.3) is 0 Å². The van der Waals surface area contributed by atoms with Crippen LogP contribution >= 0.6 is 0 Å². The second kappa shape index (κ2) is 3.87. The van der Waals surface area contributed by atoms with Gasteiger partial charge in [0.2, 0.25) is 0 Å². The Morgan fingerprint density at radius 1 is 0.882 bits per heavy atom. The average molecular weight is 221 g/mol. The Hall–Kier alpha value is -2.42. The van der Waals surface area contributed by atoms with Crippen LogP contribution in [0.5, 0.6) is 0 Å². The van der Waals surface area contributed by atoms with E-state index in [4.69, 9.17) is 5.73 Å². The number of aromatic nitrogens is 2. The van der Waals surface area contributed by atoms with Crippen LogP contribution in [0.2, 0.25) is 0 Å². The summed E-state index contributed by atoms with van der Waals surface area (Å²) in [7, 11) is 0. The Bertz CT molecular complexity index is 663. The first kappa shape index (κ1) is 9.78. The molecule has 0 atom stereocenters. The van der Waals surface area contributed by atoms with Gasteiger partial charge >= 0.3 is 0 Å². The van der Waals surface area contributed by atoms with E-state index in [-0.39, 0.29) is 0 Å². The fraction of sp³-hybridized carbons (Fsp3) is 0. The summed E-state index contributed by atoms with van der Waals surface area (Å²) < 4.78 is 0. The molecule has 82 valence electrons. The zero-order valence-corrected chi connectivity index (χ0v) is 9.17. The molecular formula is C14H11N3. The van der Waals surface area contributed by atoms with Crippen LogP contribution in [-0.4, -0.2) is 9.97 Å². The summed E-state index contributed by atoms with van der Waals surface area (Å²) in [5, 5.41) is 2.09. The maximum Gasteiger partial charge on any atom is 0.131 e. The summed E-state index contributed by atoms with van der Waals surface area (Å²) in [6, 6.07) is 11.9. The lowest BCUT2D eigenvalue weighted by Gasteiger charge is -2.07. The molecule has 0 unspecified atom stereocenters. The quantitative estimate of drug-likeness (QED) is 0.687. The predicted octanol–water partition coefficient (Wildman–Crippen LogP) is 2.88. The minimum atomic E-state index is 0.563. The number of nitrogens with two attached hydrogens (primary N) is 1. The van der Waals surface area contributed by atoms with Crippen molar-refractivity contribution in [2.24, 2.45) is 0 Å². The van der Waals surface area contributed by atoms with Gasteiger partial charge in [0.05, 0.1) is 0 Å². The molecule has 0 amide bonds. The number of nitrogen functional groups attached to an aromatic ring is 1. The third kappa shape index (κ3) is 1.61. The van der Waals surface area contributed by atoms with E-state index >= 15 is 0 Å². The van der Waals surface area contributed by atoms with Crippen LogP contribution in [-0.2, 0) is 0 Å². The molecule has 2 heterocycles. The third-order valence-corrected chi connectivity index (χ3v) is 2.80. The second-order valence-electron chi connectivity index (χ2n) is 3.84. The highest BCUT2D eigenvalue weighted by Crippen LogP contribution is 2.29. The highest BCUT2D eigenvalue weighted by Gasteiger charge is 2.06. The summed E-state index contributed by atoms with van der Waals surface area (Å²) in [5.74, 6) is 0.563. The fourth-order valence-electron chi connectivity index (χ4n) is 1.97. The minimum Gasteiger partial charge on any atom is -0.383 e. The van der Waals surface area contributed by atoms with Gasteiger partial charge in [0.1, 0.15) is 5.82 Å². The largest absolute Gasteiger partial charge is 0.383 e. The molecule has 2 aromatic heterocycles. The smallest absolute Gasteiger partial charge is 0.131 e. The van der Waals surface area contributed by atoms with Crippen molar-refractivity contribution >= 4 is 16.6 Å². The van der Waals surface area contributed by atoms with Gasteiger partial charge < -0.3 is 5.73 Å². The van der Waals surface area contributed by atoms with E-state index in [0.717, 1.165) is 21.9 Å². The van der Waals surface area contributed by atoms with Crippen LogP contribution in [0.3, 0.4) is 0 Å². The fourth-order valence-corrected chi connectivity index (χ4v) is 1.97. The van der Waals surface area contributed by atoms with Gasteiger partial charge in [-0.2, -0.15) is 0 Å². The van der Waals surface area contributed by atoms with Gasteiger partial charge in [-0.05, 0) is 11.5 Å². The highest BCUT2D eigenvalue weighted by atomic mass is 14.8. The van der Waals surface area contributed by atoms with Crippen LogP contribution in [0.25, 0.3) is 21.9 Å². The Morgan fingerprint density at radius 2 is 1.71 bits per heavy atom. The van der Waals surface area contributed by atoms with Gasteiger partial charge in [-0.15, -0.1) is 0 Å². The van der Waals surface area contributed by atoms with E-state index < -0.39 is 0 Å². The van der Waals surface area contributed by atoms with E-state index in [2.05, 4.69) is 16.0 Å². The molecule has 3 rings (SSSR count). The van der Waals surface area contributed by atoms with Crippen LogP contribution in [0.15, 0.2) is 55.0 Å². The first-order valence-corrected chi connectivity index (χ1v) is 5.40. The Morgan fingerprint density at radius 3 is 2.47 bits per heavy atom.